The number of rotatable bonds is 8. The predicted molar refractivity (Wildman–Crippen MR) is 121 cm³/mol. The lowest BCUT2D eigenvalue weighted by Gasteiger charge is -2.23. The Morgan fingerprint density at radius 2 is 1.50 bits per heavy atom. The monoisotopic (exact) mass is 498 g/mol. The number of non-ortho nitro benzene ring substituents is 1. The molecule has 0 saturated carbocycles. The lowest BCUT2D eigenvalue weighted by Crippen LogP contribution is -2.50. The molecule has 2 amide bonds. The summed E-state index contributed by atoms with van der Waals surface area (Å²) in [5.41, 5.74) is -6.19. The lowest BCUT2D eigenvalue weighted by atomic mass is 9.85. The molecule has 0 saturated heterocycles. The van der Waals surface area contributed by atoms with Crippen LogP contribution >= 0.6 is 0 Å². The van der Waals surface area contributed by atoms with Gasteiger partial charge in [-0.3, -0.25) is 50.0 Å². The zero-order valence-corrected chi connectivity index (χ0v) is 17.9. The summed E-state index contributed by atoms with van der Waals surface area (Å²) in [6, 6.07) is 10.0. The minimum absolute atomic E-state index is 0.292. The minimum Gasteiger partial charge on any atom is -0.322 e. The Morgan fingerprint density at radius 1 is 0.833 bits per heavy atom. The van der Waals surface area contributed by atoms with Crippen LogP contribution in [0, 0.1) is 40.5 Å². The Kier molecular flexibility index (Phi) is 6.80. The van der Waals surface area contributed by atoms with Crippen LogP contribution in [-0.4, -0.2) is 37.0 Å². The molecule has 0 aliphatic heterocycles. The number of nitrogens with zero attached hydrogens (tertiary/aromatic N) is 4. The molecule has 0 radical (unpaired) electrons. The van der Waals surface area contributed by atoms with Crippen LogP contribution in [-0.2, 0) is 9.59 Å². The van der Waals surface area contributed by atoms with Crippen molar-refractivity contribution in [1.29, 1.82) is 0 Å². The van der Waals surface area contributed by atoms with Crippen molar-refractivity contribution in [2.24, 2.45) is 0 Å². The lowest BCUT2D eigenvalue weighted by molar-refractivity contribution is -0.544. The van der Waals surface area contributed by atoms with Gasteiger partial charge in [0.1, 0.15) is 17.7 Å². The maximum absolute atomic E-state index is 13.0. The third-order valence-electron chi connectivity index (χ3n) is 5.13. The fourth-order valence-corrected chi connectivity index (χ4v) is 3.30. The molecule has 36 heavy (non-hydrogen) atoms. The second kappa shape index (κ2) is 9.75. The van der Waals surface area contributed by atoms with E-state index >= 15 is 0 Å². The number of amides is 2. The summed E-state index contributed by atoms with van der Waals surface area (Å²) in [7, 11) is 0. The highest BCUT2D eigenvalue weighted by atomic mass is 16.6. The molecule has 16 heteroatoms. The second-order valence-corrected chi connectivity index (χ2v) is 7.30. The van der Waals surface area contributed by atoms with Gasteiger partial charge in [0.2, 0.25) is 0 Å². The summed E-state index contributed by atoms with van der Waals surface area (Å²) in [5.74, 6) is -2.45. The summed E-state index contributed by atoms with van der Waals surface area (Å²) < 4.78 is 0. The highest BCUT2D eigenvalue weighted by Crippen LogP contribution is 2.34. The molecule has 3 rings (SSSR count). The SMILES string of the molecule is O=C(Nc1ccccc1)C1=C([N+](=O)[O-])CC(C(=O)Nc2ccc([N+](=O)[O-])cc2[N+](=O)[O-])([N+](=O)[O-])C=C1. The van der Waals surface area contributed by atoms with Crippen molar-refractivity contribution in [1.82, 2.24) is 0 Å². The van der Waals surface area contributed by atoms with Crippen molar-refractivity contribution in [3.05, 3.63) is 112 Å². The minimum atomic E-state index is -2.81. The van der Waals surface area contributed by atoms with E-state index in [0.29, 0.717) is 17.8 Å². The summed E-state index contributed by atoms with van der Waals surface area (Å²) in [6.45, 7) is 0. The van der Waals surface area contributed by atoms with Crippen LogP contribution in [0.2, 0.25) is 0 Å². The van der Waals surface area contributed by atoms with Gasteiger partial charge in [0.25, 0.3) is 23.0 Å². The topological polar surface area (TPSA) is 231 Å². The van der Waals surface area contributed by atoms with E-state index < -0.39 is 71.8 Å². The number of anilines is 2. The first-order valence-corrected chi connectivity index (χ1v) is 9.78. The number of nitro groups is 4. The number of carbonyl (C=O) groups is 2. The van der Waals surface area contributed by atoms with Gasteiger partial charge in [0, 0.05) is 22.8 Å². The number of hydrogen-bond donors (Lipinski definition) is 2. The maximum atomic E-state index is 13.0. The normalized spacial score (nSPS) is 16.7. The van der Waals surface area contributed by atoms with E-state index in [9.17, 15) is 50.0 Å². The molecule has 2 aromatic carbocycles. The third-order valence-corrected chi connectivity index (χ3v) is 5.13. The van der Waals surface area contributed by atoms with Crippen molar-refractivity contribution in [2.75, 3.05) is 10.6 Å². The van der Waals surface area contributed by atoms with Gasteiger partial charge in [-0.1, -0.05) is 18.2 Å². The van der Waals surface area contributed by atoms with Crippen LogP contribution in [0.5, 0.6) is 0 Å². The molecule has 16 nitrogen and oxygen atoms in total. The summed E-state index contributed by atoms with van der Waals surface area (Å²) >= 11 is 0. The molecule has 1 atom stereocenters. The molecule has 2 N–H and O–H groups in total. The summed E-state index contributed by atoms with van der Waals surface area (Å²) in [5, 5.41) is 50.2. The number of nitrogens with one attached hydrogen (secondary N) is 2. The van der Waals surface area contributed by atoms with Crippen LogP contribution in [0.3, 0.4) is 0 Å². The van der Waals surface area contributed by atoms with Crippen molar-refractivity contribution in [3.63, 3.8) is 0 Å². The number of hydrogen-bond acceptors (Lipinski definition) is 10. The van der Waals surface area contributed by atoms with Crippen molar-refractivity contribution >= 4 is 34.6 Å². The smallest absolute Gasteiger partial charge is 0.322 e. The molecule has 184 valence electrons. The van der Waals surface area contributed by atoms with Crippen LogP contribution in [0.25, 0.3) is 0 Å². The first kappa shape index (κ1) is 25.1. The molecule has 1 unspecified atom stereocenters. The molecular weight excluding hydrogens is 484 g/mol. The van der Waals surface area contributed by atoms with E-state index in [0.717, 1.165) is 18.2 Å². The molecule has 0 fully saturated rings. The number of carbonyl (C=O) groups excluding carboxylic acids is 2. The Balaban J connectivity index is 1.97. The molecular formula is C20H14N6O10. The first-order chi connectivity index (χ1) is 17.0. The van der Waals surface area contributed by atoms with Gasteiger partial charge >= 0.3 is 11.4 Å². The number of benzene rings is 2. The van der Waals surface area contributed by atoms with Gasteiger partial charge < -0.3 is 10.6 Å². The van der Waals surface area contributed by atoms with Gasteiger partial charge in [-0.05, 0) is 24.3 Å². The number of para-hydroxylation sites is 1. The zero-order valence-electron chi connectivity index (χ0n) is 17.9. The largest absolute Gasteiger partial charge is 0.327 e. The Hall–Kier alpha value is -5.54. The van der Waals surface area contributed by atoms with Crippen LogP contribution < -0.4 is 10.6 Å². The quantitative estimate of drug-likeness (QED) is 0.399. The first-order valence-electron chi connectivity index (χ1n) is 9.78. The molecule has 0 spiro atoms. The molecule has 1 aliphatic carbocycles. The van der Waals surface area contributed by atoms with E-state index in [4.69, 9.17) is 0 Å². The van der Waals surface area contributed by atoms with E-state index in [2.05, 4.69) is 5.32 Å². The van der Waals surface area contributed by atoms with Gasteiger partial charge in [-0.25, -0.2) is 0 Å². The average Bonchev–Trinajstić information content (AvgIpc) is 2.83. The highest BCUT2D eigenvalue weighted by molar-refractivity contribution is 6.07. The van der Waals surface area contributed by atoms with Crippen molar-refractivity contribution in [3.8, 4) is 0 Å². The fraction of sp³-hybridized carbons (Fsp3) is 0.100. The van der Waals surface area contributed by atoms with E-state index in [1.807, 2.05) is 5.32 Å². The van der Waals surface area contributed by atoms with Gasteiger partial charge in [0.15, 0.2) is 0 Å². The van der Waals surface area contributed by atoms with Crippen molar-refractivity contribution in [2.45, 2.75) is 12.0 Å². The van der Waals surface area contributed by atoms with Crippen LogP contribution in [0.1, 0.15) is 6.42 Å². The number of nitro benzene ring substituents is 2. The molecule has 0 aromatic heterocycles. The van der Waals surface area contributed by atoms with Crippen LogP contribution in [0.15, 0.2) is 72.0 Å². The summed E-state index contributed by atoms with van der Waals surface area (Å²) in [4.78, 5) is 67.2. The van der Waals surface area contributed by atoms with E-state index in [-0.39, 0.29) is 0 Å². The second-order valence-electron chi connectivity index (χ2n) is 7.30. The Labute approximate surface area is 199 Å². The molecule has 0 heterocycles. The van der Waals surface area contributed by atoms with E-state index in [1.54, 1.807) is 18.2 Å². The van der Waals surface area contributed by atoms with Crippen molar-refractivity contribution < 1.29 is 29.3 Å². The molecule has 2 aromatic rings. The summed E-state index contributed by atoms with van der Waals surface area (Å²) in [6.07, 6.45) is 0.270. The standard InChI is InChI=1S/C20H14N6O10/c27-18(21-12-4-2-1-3-5-12)14-8-9-20(26(35)36,11-17(14)25(33)34)19(28)22-15-7-6-13(23(29)30)10-16(15)24(31)32/h1-10H,11H2,(H,21,27)(H,22,28). The average molecular weight is 498 g/mol. The highest BCUT2D eigenvalue weighted by Gasteiger charge is 2.55. The van der Waals surface area contributed by atoms with Gasteiger partial charge in [-0.15, -0.1) is 0 Å². The predicted octanol–water partition coefficient (Wildman–Crippen LogP) is 2.59. The maximum Gasteiger partial charge on any atom is 0.327 e. The van der Waals surface area contributed by atoms with Gasteiger partial charge in [-0.2, -0.15) is 0 Å². The molecule has 0 bridgehead atoms. The zero-order chi connectivity index (χ0) is 26.6. The van der Waals surface area contributed by atoms with Crippen LogP contribution in [0.4, 0.5) is 22.7 Å². The van der Waals surface area contributed by atoms with Gasteiger partial charge in [0.05, 0.1) is 20.8 Å². The third kappa shape index (κ3) is 4.86. The van der Waals surface area contributed by atoms with E-state index in [1.165, 1.54) is 12.1 Å². The Morgan fingerprint density at radius 3 is 2.06 bits per heavy atom. The Bertz CT molecular complexity index is 1370. The molecule has 1 aliphatic rings. The fourth-order valence-electron chi connectivity index (χ4n) is 3.30.